The van der Waals surface area contributed by atoms with Gasteiger partial charge >= 0.3 is 5.97 Å². The first-order chi connectivity index (χ1) is 8.13. The maximum Gasteiger partial charge on any atom is 0.358 e. The molecule has 0 aromatic carbocycles. The standard InChI is InChI=1S/C12H14N2O3/c1-8(15)7-10-13-11(12(16)17-2)9-5-3-4-6-14(9)10/h3-6,8,15H,7H2,1-2H3. The van der Waals surface area contributed by atoms with Crippen LogP contribution >= 0.6 is 0 Å². The van der Waals surface area contributed by atoms with Gasteiger partial charge in [0, 0.05) is 12.6 Å². The average molecular weight is 234 g/mol. The van der Waals surface area contributed by atoms with Gasteiger partial charge in [-0.1, -0.05) is 6.07 Å². The van der Waals surface area contributed by atoms with E-state index in [1.807, 2.05) is 18.3 Å². The molecule has 5 heteroatoms. The van der Waals surface area contributed by atoms with Gasteiger partial charge in [0.1, 0.15) is 5.82 Å². The quantitative estimate of drug-likeness (QED) is 0.806. The molecule has 90 valence electrons. The van der Waals surface area contributed by atoms with Crippen LogP contribution in [0.15, 0.2) is 24.4 Å². The molecule has 0 aliphatic heterocycles. The lowest BCUT2D eigenvalue weighted by Crippen LogP contribution is -2.08. The molecule has 0 saturated heterocycles. The molecule has 0 bridgehead atoms. The van der Waals surface area contributed by atoms with Crippen molar-refractivity contribution in [3.05, 3.63) is 35.9 Å². The molecule has 1 atom stereocenters. The largest absolute Gasteiger partial charge is 0.464 e. The lowest BCUT2D eigenvalue weighted by Gasteiger charge is -2.02. The average Bonchev–Trinajstić information content (AvgIpc) is 2.67. The van der Waals surface area contributed by atoms with Gasteiger partial charge in [-0.05, 0) is 19.1 Å². The van der Waals surface area contributed by atoms with Crippen LogP contribution in [-0.2, 0) is 11.2 Å². The first-order valence-corrected chi connectivity index (χ1v) is 5.36. The highest BCUT2D eigenvalue weighted by atomic mass is 16.5. The second kappa shape index (κ2) is 4.55. The molecule has 2 aromatic heterocycles. The molecule has 5 nitrogen and oxygen atoms in total. The predicted molar refractivity (Wildman–Crippen MR) is 61.9 cm³/mol. The van der Waals surface area contributed by atoms with E-state index in [-0.39, 0.29) is 5.69 Å². The highest BCUT2D eigenvalue weighted by Crippen LogP contribution is 2.15. The summed E-state index contributed by atoms with van der Waals surface area (Å²) in [6.07, 6.45) is 1.69. The Hall–Kier alpha value is -1.88. The van der Waals surface area contributed by atoms with E-state index in [0.717, 1.165) is 0 Å². The van der Waals surface area contributed by atoms with Crippen molar-refractivity contribution in [2.45, 2.75) is 19.4 Å². The molecule has 1 unspecified atom stereocenters. The summed E-state index contributed by atoms with van der Waals surface area (Å²) in [5.41, 5.74) is 0.971. The predicted octanol–water partition coefficient (Wildman–Crippen LogP) is 1.04. The summed E-state index contributed by atoms with van der Waals surface area (Å²) in [5.74, 6) is 0.182. The molecule has 0 aliphatic rings. The fourth-order valence-electron chi connectivity index (χ4n) is 1.76. The number of ether oxygens (including phenoxy) is 1. The van der Waals surface area contributed by atoms with Crippen molar-refractivity contribution >= 4 is 11.5 Å². The van der Waals surface area contributed by atoms with Gasteiger partial charge in [0.05, 0.1) is 18.7 Å². The molecule has 2 rings (SSSR count). The second-order valence-corrected chi connectivity index (χ2v) is 3.88. The van der Waals surface area contributed by atoms with Gasteiger partial charge < -0.3 is 14.2 Å². The molecule has 0 saturated carbocycles. The van der Waals surface area contributed by atoms with Crippen LogP contribution in [0.5, 0.6) is 0 Å². The van der Waals surface area contributed by atoms with Crippen LogP contribution in [0.4, 0.5) is 0 Å². The number of carbonyl (C=O) groups is 1. The fourth-order valence-corrected chi connectivity index (χ4v) is 1.76. The molecule has 2 heterocycles. The van der Waals surface area contributed by atoms with Crippen molar-refractivity contribution in [3.63, 3.8) is 0 Å². The Balaban J connectivity index is 2.58. The van der Waals surface area contributed by atoms with Crippen molar-refractivity contribution in [3.8, 4) is 0 Å². The van der Waals surface area contributed by atoms with E-state index in [4.69, 9.17) is 0 Å². The van der Waals surface area contributed by atoms with Gasteiger partial charge in [-0.3, -0.25) is 0 Å². The van der Waals surface area contributed by atoms with Gasteiger partial charge in [-0.2, -0.15) is 0 Å². The van der Waals surface area contributed by atoms with Crippen LogP contribution in [0.2, 0.25) is 0 Å². The first kappa shape index (κ1) is 11.6. The highest BCUT2D eigenvalue weighted by Gasteiger charge is 2.18. The lowest BCUT2D eigenvalue weighted by atomic mass is 10.3. The number of hydrogen-bond donors (Lipinski definition) is 1. The molecule has 17 heavy (non-hydrogen) atoms. The topological polar surface area (TPSA) is 63.8 Å². The minimum atomic E-state index is -0.508. The Morgan fingerprint density at radius 3 is 3.00 bits per heavy atom. The fraction of sp³-hybridized carbons (Fsp3) is 0.333. The third-order valence-electron chi connectivity index (χ3n) is 2.48. The van der Waals surface area contributed by atoms with Crippen LogP contribution in [0, 0.1) is 0 Å². The van der Waals surface area contributed by atoms with Crippen LogP contribution in [0.3, 0.4) is 0 Å². The maximum absolute atomic E-state index is 11.6. The zero-order valence-electron chi connectivity index (χ0n) is 9.75. The van der Waals surface area contributed by atoms with Crippen LogP contribution in [-0.4, -0.2) is 33.7 Å². The zero-order chi connectivity index (χ0) is 12.4. The number of aromatic nitrogens is 2. The van der Waals surface area contributed by atoms with E-state index in [9.17, 15) is 9.90 Å². The van der Waals surface area contributed by atoms with E-state index in [1.54, 1.807) is 17.4 Å². The number of nitrogens with zero attached hydrogens (tertiary/aromatic N) is 2. The number of fused-ring (bicyclic) bond motifs is 1. The zero-order valence-corrected chi connectivity index (χ0v) is 9.75. The number of imidazole rings is 1. The van der Waals surface area contributed by atoms with Crippen molar-refractivity contribution < 1.29 is 14.6 Å². The first-order valence-electron chi connectivity index (χ1n) is 5.36. The Labute approximate surface area is 98.7 Å². The van der Waals surface area contributed by atoms with Crippen molar-refractivity contribution in [1.82, 2.24) is 9.38 Å². The number of aliphatic hydroxyl groups is 1. The summed E-state index contributed by atoms with van der Waals surface area (Å²) >= 11 is 0. The SMILES string of the molecule is COC(=O)c1nc(CC(C)O)n2ccccc12. The Bertz CT molecular complexity index is 546. The van der Waals surface area contributed by atoms with Crippen LogP contribution < -0.4 is 0 Å². The number of hydrogen-bond acceptors (Lipinski definition) is 4. The monoisotopic (exact) mass is 234 g/mol. The van der Waals surface area contributed by atoms with E-state index in [1.165, 1.54) is 7.11 Å². The minimum Gasteiger partial charge on any atom is -0.464 e. The number of rotatable bonds is 3. The van der Waals surface area contributed by atoms with Gasteiger partial charge in [-0.15, -0.1) is 0 Å². The maximum atomic E-state index is 11.6. The summed E-state index contributed by atoms with van der Waals surface area (Å²) < 4.78 is 6.48. The normalized spacial score (nSPS) is 12.6. The molecule has 0 fully saturated rings. The van der Waals surface area contributed by atoms with Crippen LogP contribution in [0.25, 0.3) is 5.52 Å². The van der Waals surface area contributed by atoms with E-state index < -0.39 is 12.1 Å². The number of aliphatic hydroxyl groups excluding tert-OH is 1. The highest BCUT2D eigenvalue weighted by molar-refractivity contribution is 5.95. The Morgan fingerprint density at radius 2 is 2.35 bits per heavy atom. The molecular weight excluding hydrogens is 220 g/mol. The number of methoxy groups -OCH3 is 1. The van der Waals surface area contributed by atoms with Gasteiger partial charge in [0.25, 0.3) is 0 Å². The summed E-state index contributed by atoms with van der Waals surface area (Å²) in [6.45, 7) is 1.68. The summed E-state index contributed by atoms with van der Waals surface area (Å²) in [7, 11) is 1.32. The second-order valence-electron chi connectivity index (χ2n) is 3.88. The van der Waals surface area contributed by atoms with Crippen molar-refractivity contribution in [2.24, 2.45) is 0 Å². The van der Waals surface area contributed by atoms with E-state index in [0.29, 0.717) is 17.8 Å². The molecule has 2 aromatic rings. The van der Waals surface area contributed by atoms with E-state index >= 15 is 0 Å². The van der Waals surface area contributed by atoms with Crippen molar-refractivity contribution in [2.75, 3.05) is 7.11 Å². The van der Waals surface area contributed by atoms with Crippen LogP contribution in [0.1, 0.15) is 23.2 Å². The number of esters is 1. The molecular formula is C12H14N2O3. The number of carbonyl (C=O) groups excluding carboxylic acids is 1. The number of pyridine rings is 1. The van der Waals surface area contributed by atoms with Gasteiger partial charge in [0.2, 0.25) is 0 Å². The van der Waals surface area contributed by atoms with E-state index in [2.05, 4.69) is 9.72 Å². The molecule has 0 aliphatic carbocycles. The third-order valence-corrected chi connectivity index (χ3v) is 2.48. The lowest BCUT2D eigenvalue weighted by molar-refractivity contribution is 0.0596. The minimum absolute atomic E-state index is 0.281. The Morgan fingerprint density at radius 1 is 1.59 bits per heavy atom. The van der Waals surface area contributed by atoms with Crippen molar-refractivity contribution in [1.29, 1.82) is 0 Å². The van der Waals surface area contributed by atoms with Gasteiger partial charge in [0.15, 0.2) is 5.69 Å². The Kier molecular flexibility index (Phi) is 3.10. The summed E-state index contributed by atoms with van der Waals surface area (Å²) in [4.78, 5) is 15.8. The summed E-state index contributed by atoms with van der Waals surface area (Å²) in [5, 5.41) is 9.40. The molecule has 0 amide bonds. The smallest absolute Gasteiger partial charge is 0.358 e. The third kappa shape index (κ3) is 2.14. The van der Waals surface area contributed by atoms with Gasteiger partial charge in [-0.25, -0.2) is 9.78 Å². The molecule has 1 N–H and O–H groups in total. The molecule has 0 radical (unpaired) electrons. The molecule has 0 spiro atoms. The summed E-state index contributed by atoms with van der Waals surface area (Å²) in [6, 6.07) is 5.47.